The highest BCUT2D eigenvalue weighted by Gasteiger charge is 2.25. The number of hydrogen-bond donors (Lipinski definition) is 2. The van der Waals surface area contributed by atoms with Crippen molar-refractivity contribution in [1.82, 2.24) is 14.3 Å². The number of carbonyl (C=O) groups excluding carboxylic acids is 1. The third-order valence-electron chi connectivity index (χ3n) is 6.83. The van der Waals surface area contributed by atoms with Crippen molar-refractivity contribution in [2.75, 3.05) is 0 Å². The summed E-state index contributed by atoms with van der Waals surface area (Å²) in [6.07, 6.45) is 4.47. The molecule has 0 unspecified atom stereocenters. The highest BCUT2D eigenvalue weighted by Crippen LogP contribution is 2.37. The Labute approximate surface area is 226 Å². The second-order valence-electron chi connectivity index (χ2n) is 9.65. The fourth-order valence-electron chi connectivity index (χ4n) is 4.98. The van der Waals surface area contributed by atoms with E-state index < -0.39 is 28.3 Å². The lowest BCUT2D eigenvalue weighted by molar-refractivity contribution is -0.140. The summed E-state index contributed by atoms with van der Waals surface area (Å²) in [5, 5.41) is 8.78. The number of aromatic nitrogens is 2. The molecule has 1 aliphatic carbocycles. The molecular formula is C29H29N3O6S. The van der Waals surface area contributed by atoms with E-state index in [9.17, 15) is 18.0 Å². The first-order chi connectivity index (χ1) is 18.8. The van der Waals surface area contributed by atoms with Crippen molar-refractivity contribution in [3.63, 3.8) is 0 Å². The standard InChI is InChI=1S/C29H29N3O6S/c33-27(18-28(34)35)31-39(36,37)24-15-16-26-25(17-24)30-29(32(26)22-9-5-2-6-10-22)21-11-13-23(14-12-21)38-19-20-7-3-1-4-8-20/h1,3-4,7-8,11-17,22H,2,5-6,9-10,18-19H2,(H,31,33)(H,34,35). The summed E-state index contributed by atoms with van der Waals surface area (Å²) in [6, 6.07) is 22.4. The SMILES string of the molecule is O=C(O)CC(=O)NS(=O)(=O)c1ccc2c(c1)nc(-c1ccc(OCc3ccccc3)cc1)n2C1CCCCC1. The Hall–Kier alpha value is -4.18. The highest BCUT2D eigenvalue weighted by molar-refractivity contribution is 7.90. The number of carbonyl (C=O) groups is 2. The van der Waals surface area contributed by atoms with E-state index in [-0.39, 0.29) is 10.9 Å². The molecule has 1 aromatic heterocycles. The normalized spacial score (nSPS) is 14.3. The summed E-state index contributed by atoms with van der Waals surface area (Å²) in [4.78, 5) is 27.3. The van der Waals surface area contributed by atoms with Gasteiger partial charge in [0.05, 0.1) is 15.9 Å². The number of rotatable bonds is 9. The van der Waals surface area contributed by atoms with Crippen LogP contribution in [0.15, 0.2) is 77.7 Å². The Bertz CT molecular complexity index is 1590. The second kappa shape index (κ2) is 11.3. The number of nitrogens with one attached hydrogen (secondary N) is 1. The minimum atomic E-state index is -4.25. The molecule has 0 bridgehead atoms. The maximum Gasteiger partial charge on any atom is 0.312 e. The summed E-state index contributed by atoms with van der Waals surface area (Å²) < 4.78 is 35.5. The maximum atomic E-state index is 12.8. The molecule has 1 heterocycles. The maximum absolute atomic E-state index is 12.8. The number of aliphatic carboxylic acids is 1. The van der Waals surface area contributed by atoms with Crippen LogP contribution in [0.5, 0.6) is 5.75 Å². The Kier molecular flexibility index (Phi) is 7.65. The molecule has 5 rings (SSSR count). The number of sulfonamides is 1. The molecule has 1 fully saturated rings. The summed E-state index contributed by atoms with van der Waals surface area (Å²) >= 11 is 0. The van der Waals surface area contributed by atoms with E-state index in [4.69, 9.17) is 14.8 Å². The van der Waals surface area contributed by atoms with E-state index in [0.717, 1.165) is 53.9 Å². The zero-order valence-electron chi connectivity index (χ0n) is 21.2. The lowest BCUT2D eigenvalue weighted by atomic mass is 9.95. The van der Waals surface area contributed by atoms with E-state index in [1.165, 1.54) is 18.6 Å². The van der Waals surface area contributed by atoms with Crippen LogP contribution in [-0.2, 0) is 26.2 Å². The van der Waals surface area contributed by atoms with Crippen LogP contribution in [0.3, 0.4) is 0 Å². The van der Waals surface area contributed by atoms with Crippen LogP contribution in [0.4, 0.5) is 0 Å². The largest absolute Gasteiger partial charge is 0.489 e. The van der Waals surface area contributed by atoms with Gasteiger partial charge in [-0.15, -0.1) is 0 Å². The van der Waals surface area contributed by atoms with Gasteiger partial charge in [-0.2, -0.15) is 0 Å². The number of ether oxygens (including phenoxy) is 1. The lowest BCUT2D eigenvalue weighted by Gasteiger charge is -2.25. The van der Waals surface area contributed by atoms with Crippen LogP contribution >= 0.6 is 0 Å². The quantitative estimate of drug-likeness (QED) is 0.280. The highest BCUT2D eigenvalue weighted by atomic mass is 32.2. The van der Waals surface area contributed by atoms with Crippen LogP contribution in [0, 0.1) is 0 Å². The first kappa shape index (κ1) is 26.4. The number of benzene rings is 3. The minimum Gasteiger partial charge on any atom is -0.489 e. The fraction of sp³-hybridized carbons (Fsp3) is 0.276. The Morgan fingerprint density at radius 2 is 1.69 bits per heavy atom. The topological polar surface area (TPSA) is 128 Å². The van der Waals surface area contributed by atoms with Crippen molar-refractivity contribution < 1.29 is 27.9 Å². The Morgan fingerprint density at radius 1 is 0.974 bits per heavy atom. The molecule has 3 aromatic carbocycles. The van der Waals surface area contributed by atoms with Gasteiger partial charge in [-0.1, -0.05) is 49.6 Å². The number of fused-ring (bicyclic) bond motifs is 1. The van der Waals surface area contributed by atoms with Crippen LogP contribution < -0.4 is 9.46 Å². The average molecular weight is 548 g/mol. The predicted octanol–water partition coefficient (Wildman–Crippen LogP) is 5.07. The van der Waals surface area contributed by atoms with Gasteiger partial charge in [-0.3, -0.25) is 9.59 Å². The zero-order chi connectivity index (χ0) is 27.4. The van der Waals surface area contributed by atoms with Gasteiger partial charge in [0.1, 0.15) is 24.6 Å². The van der Waals surface area contributed by atoms with Gasteiger partial charge >= 0.3 is 5.97 Å². The molecule has 39 heavy (non-hydrogen) atoms. The molecule has 1 aliphatic rings. The van der Waals surface area contributed by atoms with Crippen molar-refractivity contribution >= 4 is 32.9 Å². The predicted molar refractivity (Wildman–Crippen MR) is 146 cm³/mol. The first-order valence-corrected chi connectivity index (χ1v) is 14.3. The van der Waals surface area contributed by atoms with E-state index in [1.807, 2.05) is 59.3 Å². The van der Waals surface area contributed by atoms with E-state index >= 15 is 0 Å². The number of nitrogens with zero attached hydrogens (tertiary/aromatic N) is 2. The number of carboxylic acids is 1. The molecule has 0 spiro atoms. The molecule has 0 saturated heterocycles. The van der Waals surface area contributed by atoms with Gasteiger partial charge in [-0.25, -0.2) is 18.1 Å². The lowest BCUT2D eigenvalue weighted by Crippen LogP contribution is -2.31. The monoisotopic (exact) mass is 547 g/mol. The van der Waals surface area contributed by atoms with Crippen LogP contribution in [0.2, 0.25) is 0 Å². The average Bonchev–Trinajstić information content (AvgIpc) is 3.31. The number of imidazole rings is 1. The molecule has 1 saturated carbocycles. The van der Waals surface area contributed by atoms with Gasteiger partial charge < -0.3 is 14.4 Å². The summed E-state index contributed by atoms with van der Waals surface area (Å²) in [5.41, 5.74) is 3.24. The van der Waals surface area contributed by atoms with Gasteiger partial charge in [0.2, 0.25) is 5.91 Å². The second-order valence-corrected chi connectivity index (χ2v) is 11.3. The van der Waals surface area contributed by atoms with Gasteiger partial charge in [0, 0.05) is 11.6 Å². The van der Waals surface area contributed by atoms with Crippen molar-refractivity contribution in [3.05, 3.63) is 78.4 Å². The summed E-state index contributed by atoms with van der Waals surface area (Å²) in [7, 11) is -4.25. The Balaban J connectivity index is 1.47. The van der Waals surface area contributed by atoms with Gasteiger partial charge in [-0.05, 0) is 60.9 Å². The van der Waals surface area contributed by atoms with Crippen LogP contribution in [0.1, 0.15) is 50.1 Å². The molecule has 9 nitrogen and oxygen atoms in total. The smallest absolute Gasteiger partial charge is 0.312 e. The molecule has 2 N–H and O–H groups in total. The molecule has 1 amide bonds. The molecule has 202 valence electrons. The Morgan fingerprint density at radius 3 is 2.38 bits per heavy atom. The van der Waals surface area contributed by atoms with Crippen molar-refractivity contribution in [3.8, 4) is 17.1 Å². The fourth-order valence-corrected chi connectivity index (χ4v) is 5.99. The van der Waals surface area contributed by atoms with Crippen molar-refractivity contribution in [2.45, 2.75) is 56.1 Å². The minimum absolute atomic E-state index is 0.154. The van der Waals surface area contributed by atoms with Crippen LogP contribution in [0.25, 0.3) is 22.4 Å². The van der Waals surface area contributed by atoms with E-state index in [2.05, 4.69) is 4.57 Å². The van der Waals surface area contributed by atoms with Gasteiger partial charge in [0.25, 0.3) is 10.0 Å². The summed E-state index contributed by atoms with van der Waals surface area (Å²) in [6.45, 7) is 0.459. The number of amides is 1. The molecular weight excluding hydrogens is 518 g/mol. The van der Waals surface area contributed by atoms with E-state index in [1.54, 1.807) is 6.07 Å². The molecule has 0 radical (unpaired) electrons. The van der Waals surface area contributed by atoms with Crippen molar-refractivity contribution in [1.29, 1.82) is 0 Å². The first-order valence-electron chi connectivity index (χ1n) is 12.9. The van der Waals surface area contributed by atoms with Gasteiger partial charge in [0.15, 0.2) is 0 Å². The third kappa shape index (κ3) is 6.12. The molecule has 0 atom stereocenters. The number of carboxylic acid groups (broad SMARTS) is 1. The van der Waals surface area contributed by atoms with Crippen molar-refractivity contribution in [2.24, 2.45) is 0 Å². The molecule has 4 aromatic rings. The van der Waals surface area contributed by atoms with E-state index in [0.29, 0.717) is 12.1 Å². The molecule has 10 heteroatoms. The van der Waals surface area contributed by atoms with Crippen LogP contribution in [-0.4, -0.2) is 35.0 Å². The number of hydrogen-bond acceptors (Lipinski definition) is 6. The molecule has 0 aliphatic heterocycles. The summed E-state index contributed by atoms with van der Waals surface area (Å²) in [5.74, 6) is -1.06. The zero-order valence-corrected chi connectivity index (χ0v) is 22.1. The third-order valence-corrected chi connectivity index (χ3v) is 8.20.